The van der Waals surface area contributed by atoms with Crippen LogP contribution < -0.4 is 10.2 Å². The van der Waals surface area contributed by atoms with E-state index in [1.165, 1.54) is 5.56 Å². The Balaban J connectivity index is 1.62. The molecule has 1 amide bonds. The SMILES string of the molecule is CN(C)c1ccc(C(=O)N[C@@H]2COC[C@H]2Cc2ccncc2)cc1. The second kappa shape index (κ2) is 7.45. The maximum atomic E-state index is 12.5. The number of amides is 1. The monoisotopic (exact) mass is 325 g/mol. The largest absolute Gasteiger partial charge is 0.379 e. The first-order valence-electron chi connectivity index (χ1n) is 8.18. The van der Waals surface area contributed by atoms with Crippen molar-refractivity contribution in [1.82, 2.24) is 10.3 Å². The van der Waals surface area contributed by atoms with Gasteiger partial charge in [0.2, 0.25) is 0 Å². The minimum atomic E-state index is -0.0458. The second-order valence-electron chi connectivity index (χ2n) is 6.38. The summed E-state index contributed by atoms with van der Waals surface area (Å²) in [5, 5.41) is 3.12. The van der Waals surface area contributed by atoms with Crippen molar-refractivity contribution in [1.29, 1.82) is 0 Å². The van der Waals surface area contributed by atoms with Crippen LogP contribution in [-0.4, -0.2) is 44.2 Å². The summed E-state index contributed by atoms with van der Waals surface area (Å²) in [6, 6.07) is 11.7. The van der Waals surface area contributed by atoms with Crippen molar-refractivity contribution >= 4 is 11.6 Å². The van der Waals surface area contributed by atoms with Crippen LogP contribution in [0.2, 0.25) is 0 Å². The molecule has 1 aliphatic heterocycles. The van der Waals surface area contributed by atoms with Crippen LogP contribution >= 0.6 is 0 Å². The highest BCUT2D eigenvalue weighted by Gasteiger charge is 2.29. The van der Waals surface area contributed by atoms with Crippen molar-refractivity contribution in [2.45, 2.75) is 12.5 Å². The van der Waals surface area contributed by atoms with Crippen molar-refractivity contribution in [3.63, 3.8) is 0 Å². The number of anilines is 1. The molecule has 24 heavy (non-hydrogen) atoms. The van der Waals surface area contributed by atoms with E-state index < -0.39 is 0 Å². The molecule has 1 N–H and O–H groups in total. The number of hydrogen-bond donors (Lipinski definition) is 1. The van der Waals surface area contributed by atoms with Gasteiger partial charge in [0.15, 0.2) is 0 Å². The Morgan fingerprint density at radius 3 is 2.54 bits per heavy atom. The Morgan fingerprint density at radius 2 is 1.88 bits per heavy atom. The normalized spacial score (nSPS) is 19.9. The van der Waals surface area contributed by atoms with Crippen molar-refractivity contribution in [2.75, 3.05) is 32.2 Å². The Kier molecular flexibility index (Phi) is 5.11. The maximum Gasteiger partial charge on any atom is 0.251 e. The van der Waals surface area contributed by atoms with Gasteiger partial charge in [-0.2, -0.15) is 0 Å². The van der Waals surface area contributed by atoms with E-state index in [0.717, 1.165) is 12.1 Å². The lowest BCUT2D eigenvalue weighted by molar-refractivity contribution is 0.0925. The van der Waals surface area contributed by atoms with Gasteiger partial charge < -0.3 is 15.0 Å². The smallest absolute Gasteiger partial charge is 0.251 e. The van der Waals surface area contributed by atoms with Crippen LogP contribution in [0.3, 0.4) is 0 Å². The van der Waals surface area contributed by atoms with Gasteiger partial charge in [0.1, 0.15) is 0 Å². The van der Waals surface area contributed by atoms with Crippen LogP contribution in [0.25, 0.3) is 0 Å². The minimum Gasteiger partial charge on any atom is -0.379 e. The van der Waals surface area contributed by atoms with Gasteiger partial charge in [-0.25, -0.2) is 0 Å². The van der Waals surface area contributed by atoms with E-state index in [1.807, 2.05) is 55.4 Å². The van der Waals surface area contributed by atoms with Gasteiger partial charge in [-0.15, -0.1) is 0 Å². The molecule has 126 valence electrons. The molecule has 0 aliphatic carbocycles. The Bertz CT molecular complexity index is 671. The second-order valence-corrected chi connectivity index (χ2v) is 6.38. The number of nitrogens with one attached hydrogen (secondary N) is 1. The zero-order valence-electron chi connectivity index (χ0n) is 14.1. The van der Waals surface area contributed by atoms with Crippen molar-refractivity contribution in [3.05, 3.63) is 59.9 Å². The number of rotatable bonds is 5. The van der Waals surface area contributed by atoms with Gasteiger partial charge >= 0.3 is 0 Å². The molecule has 1 fully saturated rings. The molecule has 2 aromatic rings. The zero-order chi connectivity index (χ0) is 16.9. The zero-order valence-corrected chi connectivity index (χ0v) is 14.1. The van der Waals surface area contributed by atoms with Gasteiger partial charge in [-0.3, -0.25) is 9.78 Å². The van der Waals surface area contributed by atoms with Crippen molar-refractivity contribution < 1.29 is 9.53 Å². The minimum absolute atomic E-state index is 0.0409. The van der Waals surface area contributed by atoms with Crippen LogP contribution in [0.1, 0.15) is 15.9 Å². The molecule has 1 aromatic carbocycles. The number of aromatic nitrogens is 1. The first-order valence-corrected chi connectivity index (χ1v) is 8.18. The third-order valence-electron chi connectivity index (χ3n) is 4.41. The lowest BCUT2D eigenvalue weighted by atomic mass is 9.95. The summed E-state index contributed by atoms with van der Waals surface area (Å²) in [6.45, 7) is 1.24. The van der Waals surface area contributed by atoms with Gasteiger partial charge in [0, 0.05) is 43.7 Å². The van der Waals surface area contributed by atoms with E-state index in [1.54, 1.807) is 12.4 Å². The number of hydrogen-bond acceptors (Lipinski definition) is 4. The predicted molar refractivity (Wildman–Crippen MR) is 94.3 cm³/mol. The Labute approximate surface area is 142 Å². The maximum absolute atomic E-state index is 12.5. The standard InChI is InChI=1S/C19H23N3O2/c1-22(2)17-5-3-15(4-6-17)19(23)21-18-13-24-12-16(18)11-14-7-9-20-10-8-14/h3-10,16,18H,11-13H2,1-2H3,(H,21,23)/t16-,18-/m1/s1. The molecule has 1 saturated heterocycles. The van der Waals surface area contributed by atoms with Crippen LogP contribution in [0.15, 0.2) is 48.8 Å². The summed E-state index contributed by atoms with van der Waals surface area (Å²) < 4.78 is 5.59. The molecule has 5 heteroatoms. The molecule has 0 spiro atoms. The fourth-order valence-corrected chi connectivity index (χ4v) is 2.94. The molecular weight excluding hydrogens is 302 g/mol. The number of ether oxygens (including phenoxy) is 1. The summed E-state index contributed by atoms with van der Waals surface area (Å²) in [5.41, 5.74) is 2.97. The lowest BCUT2D eigenvalue weighted by Crippen LogP contribution is -2.40. The molecule has 0 bridgehead atoms. The Morgan fingerprint density at radius 1 is 1.17 bits per heavy atom. The summed E-state index contributed by atoms with van der Waals surface area (Å²) >= 11 is 0. The van der Waals surface area contributed by atoms with Gasteiger partial charge in [0.05, 0.1) is 19.3 Å². The highest BCUT2D eigenvalue weighted by atomic mass is 16.5. The summed E-state index contributed by atoms with van der Waals surface area (Å²) in [4.78, 5) is 18.5. The Hall–Kier alpha value is -2.40. The van der Waals surface area contributed by atoms with Crippen molar-refractivity contribution in [3.8, 4) is 0 Å². The highest BCUT2D eigenvalue weighted by molar-refractivity contribution is 5.94. The molecule has 0 saturated carbocycles. The molecule has 1 aliphatic rings. The molecule has 2 atom stereocenters. The first-order chi connectivity index (χ1) is 11.6. The van der Waals surface area contributed by atoms with E-state index in [0.29, 0.717) is 18.8 Å². The van der Waals surface area contributed by atoms with E-state index >= 15 is 0 Å². The molecule has 0 unspecified atom stereocenters. The third-order valence-corrected chi connectivity index (χ3v) is 4.41. The number of carbonyl (C=O) groups is 1. The van der Waals surface area contributed by atoms with E-state index in [9.17, 15) is 4.79 Å². The van der Waals surface area contributed by atoms with Gasteiger partial charge in [-0.1, -0.05) is 0 Å². The molecule has 5 nitrogen and oxygen atoms in total. The fraction of sp³-hybridized carbons (Fsp3) is 0.368. The molecule has 3 rings (SSSR count). The van der Waals surface area contributed by atoms with E-state index in [2.05, 4.69) is 10.3 Å². The fourth-order valence-electron chi connectivity index (χ4n) is 2.94. The van der Waals surface area contributed by atoms with E-state index in [4.69, 9.17) is 4.74 Å². The molecule has 0 radical (unpaired) electrons. The first kappa shape index (κ1) is 16.5. The summed E-state index contributed by atoms with van der Waals surface area (Å²) in [6.07, 6.45) is 4.48. The highest BCUT2D eigenvalue weighted by Crippen LogP contribution is 2.20. The number of nitrogens with zero attached hydrogens (tertiary/aromatic N) is 2. The number of pyridine rings is 1. The van der Waals surface area contributed by atoms with E-state index in [-0.39, 0.29) is 17.9 Å². The molecular formula is C19H23N3O2. The average Bonchev–Trinajstić information content (AvgIpc) is 3.02. The van der Waals surface area contributed by atoms with Crippen LogP contribution in [0, 0.1) is 5.92 Å². The van der Waals surface area contributed by atoms with Gasteiger partial charge in [-0.05, 0) is 48.4 Å². The quantitative estimate of drug-likeness (QED) is 0.915. The van der Waals surface area contributed by atoms with Gasteiger partial charge in [0.25, 0.3) is 5.91 Å². The molecule has 1 aromatic heterocycles. The van der Waals surface area contributed by atoms with Crippen LogP contribution in [0.5, 0.6) is 0 Å². The molecule has 2 heterocycles. The third kappa shape index (κ3) is 3.92. The number of benzene rings is 1. The number of carbonyl (C=O) groups excluding carboxylic acids is 1. The topological polar surface area (TPSA) is 54.5 Å². The summed E-state index contributed by atoms with van der Waals surface area (Å²) in [5.74, 6) is 0.243. The lowest BCUT2D eigenvalue weighted by Gasteiger charge is -2.19. The average molecular weight is 325 g/mol. The van der Waals surface area contributed by atoms with Crippen LogP contribution in [-0.2, 0) is 11.2 Å². The summed E-state index contributed by atoms with van der Waals surface area (Å²) in [7, 11) is 3.96. The van der Waals surface area contributed by atoms with Crippen LogP contribution in [0.4, 0.5) is 5.69 Å². The van der Waals surface area contributed by atoms with Crippen molar-refractivity contribution in [2.24, 2.45) is 5.92 Å². The predicted octanol–water partition coefficient (Wildman–Crippen LogP) is 2.14.